The molecule has 0 saturated carbocycles. The zero-order chi connectivity index (χ0) is 27.0. The molecule has 0 fully saturated rings. The first-order valence-electron chi connectivity index (χ1n) is 15.3. The lowest BCUT2D eigenvalue weighted by Gasteiger charge is -2.40. The van der Waals surface area contributed by atoms with Gasteiger partial charge < -0.3 is 0 Å². The van der Waals surface area contributed by atoms with Gasteiger partial charge in [-0.05, 0) is 126 Å². The second-order valence-electron chi connectivity index (χ2n) is 14.1. The molecule has 4 aromatic carbocycles. The Labute approximate surface area is 237 Å². The quantitative estimate of drug-likeness (QED) is 0.218. The van der Waals surface area contributed by atoms with Crippen molar-refractivity contribution in [1.29, 1.82) is 0 Å². The normalized spacial score (nSPS) is 25.1. The first kappa shape index (κ1) is 23.1. The highest BCUT2D eigenvalue weighted by atomic mass is 14.5. The Morgan fingerprint density at radius 2 is 0.950 bits per heavy atom. The van der Waals surface area contributed by atoms with E-state index in [0.717, 1.165) is 0 Å². The third-order valence-corrected chi connectivity index (χ3v) is 11.6. The van der Waals surface area contributed by atoms with Crippen molar-refractivity contribution in [1.82, 2.24) is 0 Å². The van der Waals surface area contributed by atoms with Crippen LogP contribution in [0.2, 0.25) is 0 Å². The number of rotatable bonds is 0. The van der Waals surface area contributed by atoms with Gasteiger partial charge in [0.2, 0.25) is 0 Å². The molecule has 2 atom stereocenters. The van der Waals surface area contributed by atoms with Crippen LogP contribution in [0.3, 0.4) is 0 Å². The molecule has 196 valence electrons. The van der Waals surface area contributed by atoms with Gasteiger partial charge in [0.25, 0.3) is 0 Å². The monoisotopic (exact) mass is 516 g/mol. The van der Waals surface area contributed by atoms with Gasteiger partial charge in [-0.15, -0.1) is 0 Å². The molecule has 4 aromatic rings. The maximum absolute atomic E-state index is 2.65. The van der Waals surface area contributed by atoms with E-state index in [-0.39, 0.29) is 10.8 Å². The Bertz CT molecular complexity index is 1800. The van der Waals surface area contributed by atoms with Gasteiger partial charge in [-0.3, -0.25) is 0 Å². The predicted molar refractivity (Wildman–Crippen MR) is 169 cm³/mol. The first-order valence-corrected chi connectivity index (χ1v) is 15.3. The van der Waals surface area contributed by atoms with Gasteiger partial charge in [0.05, 0.1) is 0 Å². The summed E-state index contributed by atoms with van der Waals surface area (Å²) in [5.74, 6) is 1.09. The van der Waals surface area contributed by atoms with Crippen LogP contribution in [0.25, 0.3) is 32.7 Å². The Hall–Kier alpha value is -3.64. The van der Waals surface area contributed by atoms with Crippen LogP contribution in [-0.4, -0.2) is 0 Å². The topological polar surface area (TPSA) is 0 Å². The number of fused-ring (bicyclic) bond motifs is 11. The molecule has 0 bridgehead atoms. The maximum atomic E-state index is 2.65. The van der Waals surface area contributed by atoms with Crippen LogP contribution in [0, 0.1) is 11.8 Å². The summed E-state index contributed by atoms with van der Waals surface area (Å²) in [4.78, 5) is 0. The molecule has 0 nitrogen and oxygen atoms in total. The summed E-state index contributed by atoms with van der Waals surface area (Å²) >= 11 is 0. The van der Waals surface area contributed by atoms with E-state index in [0.29, 0.717) is 11.8 Å². The molecule has 0 heterocycles. The fourth-order valence-corrected chi connectivity index (χ4v) is 9.39. The summed E-state index contributed by atoms with van der Waals surface area (Å²) in [6.45, 7) is 9.99. The van der Waals surface area contributed by atoms with Crippen molar-refractivity contribution in [3.8, 4) is 0 Å². The molecule has 40 heavy (non-hydrogen) atoms. The summed E-state index contributed by atoms with van der Waals surface area (Å²) < 4.78 is 0. The highest BCUT2D eigenvalue weighted by molar-refractivity contribution is 6.01. The number of hydrogen-bond acceptors (Lipinski definition) is 0. The molecule has 0 aliphatic heterocycles. The zero-order valence-corrected chi connectivity index (χ0v) is 24.1. The van der Waals surface area contributed by atoms with Crippen molar-refractivity contribution < 1.29 is 0 Å². The van der Waals surface area contributed by atoms with Gasteiger partial charge in [-0.1, -0.05) is 113 Å². The summed E-state index contributed by atoms with van der Waals surface area (Å²) in [5.41, 5.74) is 16.3. The van der Waals surface area contributed by atoms with Crippen LogP contribution >= 0.6 is 0 Å². The van der Waals surface area contributed by atoms with E-state index in [1.807, 2.05) is 0 Å². The Morgan fingerprint density at radius 1 is 0.525 bits per heavy atom. The van der Waals surface area contributed by atoms with Crippen LogP contribution in [0.1, 0.15) is 75.6 Å². The van der Waals surface area contributed by atoms with Crippen LogP contribution in [0.4, 0.5) is 0 Å². The van der Waals surface area contributed by atoms with Crippen LogP contribution in [0.15, 0.2) is 107 Å². The van der Waals surface area contributed by atoms with Crippen molar-refractivity contribution in [2.75, 3.05) is 0 Å². The number of allylic oxidation sites excluding steroid dienone is 8. The average Bonchev–Trinajstić information content (AvgIpc) is 3.34. The number of hydrogen-bond donors (Lipinski definition) is 0. The van der Waals surface area contributed by atoms with E-state index in [1.54, 1.807) is 44.6 Å². The lowest BCUT2D eigenvalue weighted by atomic mass is 9.64. The minimum Gasteiger partial charge on any atom is -0.0616 e. The largest absolute Gasteiger partial charge is 0.0616 e. The highest BCUT2D eigenvalue weighted by Crippen LogP contribution is 2.62. The number of benzene rings is 4. The van der Waals surface area contributed by atoms with Gasteiger partial charge >= 0.3 is 0 Å². The van der Waals surface area contributed by atoms with E-state index in [2.05, 4.69) is 113 Å². The SMILES string of the molecule is CC1(C)c2ccc3ccccc3c2C2=CC3=C(CC21)C1=C(C=C2c4c(ccc5ccccc45)C(C)(C)C2C1)CC3. The van der Waals surface area contributed by atoms with Gasteiger partial charge in [0, 0.05) is 0 Å². The molecule has 0 N–H and O–H groups in total. The first-order chi connectivity index (χ1) is 19.3. The van der Waals surface area contributed by atoms with Crippen LogP contribution in [0.5, 0.6) is 0 Å². The lowest BCUT2D eigenvalue weighted by Crippen LogP contribution is -2.29. The average molecular weight is 517 g/mol. The van der Waals surface area contributed by atoms with Crippen LogP contribution < -0.4 is 0 Å². The van der Waals surface area contributed by atoms with Crippen molar-refractivity contribution in [3.05, 3.63) is 129 Å². The highest BCUT2D eigenvalue weighted by Gasteiger charge is 2.49. The fraction of sp³-hybridized carbons (Fsp3) is 0.300. The third kappa shape index (κ3) is 2.78. The summed E-state index contributed by atoms with van der Waals surface area (Å²) in [6.07, 6.45) is 10.0. The van der Waals surface area contributed by atoms with Crippen LogP contribution in [-0.2, 0) is 10.8 Å². The van der Waals surface area contributed by atoms with E-state index in [4.69, 9.17) is 0 Å². The molecule has 9 rings (SSSR count). The fourth-order valence-electron chi connectivity index (χ4n) is 9.39. The molecule has 0 aromatic heterocycles. The minimum atomic E-state index is 0.138. The zero-order valence-electron chi connectivity index (χ0n) is 24.1. The van der Waals surface area contributed by atoms with Gasteiger partial charge in [-0.2, -0.15) is 0 Å². The van der Waals surface area contributed by atoms with Crippen molar-refractivity contribution in [2.45, 2.75) is 64.2 Å². The molecule has 0 amide bonds. The molecule has 0 saturated heterocycles. The summed E-state index contributed by atoms with van der Waals surface area (Å²) in [5, 5.41) is 5.61. The van der Waals surface area contributed by atoms with Gasteiger partial charge in [0.1, 0.15) is 0 Å². The predicted octanol–water partition coefficient (Wildman–Crippen LogP) is 10.5. The van der Waals surface area contributed by atoms with E-state index in [9.17, 15) is 0 Å². The standard InChI is InChI=1S/C40H36/c1-39(2)33-17-15-23-9-5-7-11-27(23)37(33)31-19-25-13-14-26-20-32-36(22-30(26)29(25)21-35(31)39)40(3,4)34-18-16-24-10-6-8-12-28(24)38(32)34/h5-12,15-20,35-36H,13-14,21-22H2,1-4H3. The van der Waals surface area contributed by atoms with Gasteiger partial charge in [-0.25, -0.2) is 0 Å². The summed E-state index contributed by atoms with van der Waals surface area (Å²) in [7, 11) is 0. The maximum Gasteiger partial charge on any atom is -0.00229 e. The molecule has 5 aliphatic carbocycles. The van der Waals surface area contributed by atoms with Crippen molar-refractivity contribution >= 4 is 32.7 Å². The summed E-state index contributed by atoms with van der Waals surface area (Å²) in [6, 6.07) is 27.6. The molecule has 2 unspecified atom stereocenters. The van der Waals surface area contributed by atoms with E-state index < -0.39 is 0 Å². The lowest BCUT2D eigenvalue weighted by molar-refractivity contribution is 0.392. The Morgan fingerprint density at radius 3 is 1.40 bits per heavy atom. The van der Waals surface area contributed by atoms with E-state index >= 15 is 0 Å². The molecule has 0 radical (unpaired) electrons. The van der Waals surface area contributed by atoms with E-state index in [1.165, 1.54) is 58.4 Å². The molecule has 5 aliphatic rings. The third-order valence-electron chi connectivity index (χ3n) is 11.6. The van der Waals surface area contributed by atoms with Crippen molar-refractivity contribution in [2.24, 2.45) is 11.8 Å². The molecule has 0 spiro atoms. The Kier molecular flexibility index (Phi) is 4.36. The molecular weight excluding hydrogens is 480 g/mol. The smallest absolute Gasteiger partial charge is 0.00229 e. The molecular formula is C40H36. The molecule has 0 heteroatoms. The Balaban J connectivity index is 1.22. The second-order valence-corrected chi connectivity index (χ2v) is 14.1. The van der Waals surface area contributed by atoms with Gasteiger partial charge in [0.15, 0.2) is 0 Å². The minimum absolute atomic E-state index is 0.138. The second kappa shape index (κ2) is 7.55. The van der Waals surface area contributed by atoms with Crippen molar-refractivity contribution in [3.63, 3.8) is 0 Å².